The molecule has 0 saturated heterocycles. The summed E-state index contributed by atoms with van der Waals surface area (Å²) in [5.41, 5.74) is 0. The maximum Gasteiger partial charge on any atom is 0.136 e. The summed E-state index contributed by atoms with van der Waals surface area (Å²) in [7, 11) is 0. The number of hydrogen-bond acceptors (Lipinski definition) is 1. The molecule has 0 aromatic carbocycles. The third-order valence-corrected chi connectivity index (χ3v) is 2.38. The summed E-state index contributed by atoms with van der Waals surface area (Å²) in [4.78, 5) is 11.1. The molecule has 0 aliphatic heterocycles. The first kappa shape index (κ1) is 8.06. The monoisotopic (exact) mass is 160 g/mol. The maximum absolute atomic E-state index is 11.1. The minimum absolute atomic E-state index is 0.406. The smallest absolute Gasteiger partial charge is 0.136 e. The molecular formula is C8H13ClO. The Morgan fingerprint density at radius 1 is 1.50 bits per heavy atom. The predicted octanol–water partition coefficient (Wildman–Crippen LogP) is 2.37. The highest BCUT2D eigenvalue weighted by Crippen LogP contribution is 2.28. The van der Waals surface area contributed by atoms with Crippen molar-refractivity contribution in [3.8, 4) is 0 Å². The standard InChI is InChI=1S/C8H13ClO/c9-6-2-5-8(10)7-3-1-4-7/h7H,1-6H2. The molecule has 1 aliphatic rings. The van der Waals surface area contributed by atoms with Crippen molar-refractivity contribution in [2.75, 3.05) is 5.88 Å². The first-order valence-electron chi connectivity index (χ1n) is 3.93. The lowest BCUT2D eigenvalue weighted by Crippen LogP contribution is -2.21. The number of alkyl halides is 1. The Morgan fingerprint density at radius 2 is 2.20 bits per heavy atom. The Labute approximate surface area is 66.8 Å². The van der Waals surface area contributed by atoms with Crippen molar-refractivity contribution in [3.05, 3.63) is 0 Å². The number of ketones is 1. The maximum atomic E-state index is 11.1. The topological polar surface area (TPSA) is 17.1 Å². The molecule has 1 rings (SSSR count). The van der Waals surface area contributed by atoms with Crippen LogP contribution in [0.15, 0.2) is 0 Å². The normalized spacial score (nSPS) is 18.5. The van der Waals surface area contributed by atoms with E-state index in [1.54, 1.807) is 0 Å². The van der Waals surface area contributed by atoms with Crippen LogP contribution in [0.3, 0.4) is 0 Å². The van der Waals surface area contributed by atoms with Crippen LogP contribution in [0.2, 0.25) is 0 Å². The molecule has 1 nitrogen and oxygen atoms in total. The van der Waals surface area contributed by atoms with Crippen LogP contribution in [0.4, 0.5) is 0 Å². The molecule has 2 heteroatoms. The molecular weight excluding hydrogens is 148 g/mol. The molecule has 0 aromatic heterocycles. The largest absolute Gasteiger partial charge is 0.299 e. The average Bonchev–Trinajstić information content (AvgIpc) is 1.79. The van der Waals surface area contributed by atoms with Crippen LogP contribution in [0.25, 0.3) is 0 Å². The van der Waals surface area contributed by atoms with Crippen molar-refractivity contribution >= 4 is 17.4 Å². The second kappa shape index (κ2) is 3.97. The molecule has 0 atom stereocenters. The van der Waals surface area contributed by atoms with Gasteiger partial charge in [0.15, 0.2) is 0 Å². The number of carbonyl (C=O) groups excluding carboxylic acids is 1. The minimum atomic E-state index is 0.406. The zero-order chi connectivity index (χ0) is 7.40. The summed E-state index contributed by atoms with van der Waals surface area (Å²) in [6, 6.07) is 0. The second-order valence-electron chi connectivity index (χ2n) is 2.89. The molecule has 0 bridgehead atoms. The van der Waals surface area contributed by atoms with Crippen molar-refractivity contribution in [3.63, 3.8) is 0 Å². The van der Waals surface area contributed by atoms with Crippen molar-refractivity contribution in [1.29, 1.82) is 0 Å². The Kier molecular flexibility index (Phi) is 3.20. The van der Waals surface area contributed by atoms with Gasteiger partial charge in [0.05, 0.1) is 0 Å². The van der Waals surface area contributed by atoms with Gasteiger partial charge in [-0.15, -0.1) is 11.6 Å². The van der Waals surface area contributed by atoms with Crippen molar-refractivity contribution < 1.29 is 4.79 Å². The van der Waals surface area contributed by atoms with Gasteiger partial charge in [0.25, 0.3) is 0 Å². The van der Waals surface area contributed by atoms with Crippen LogP contribution < -0.4 is 0 Å². The molecule has 0 aromatic rings. The predicted molar refractivity (Wildman–Crippen MR) is 42.3 cm³/mol. The van der Waals surface area contributed by atoms with Crippen LogP contribution in [0.1, 0.15) is 32.1 Å². The number of rotatable bonds is 4. The highest BCUT2D eigenvalue weighted by atomic mass is 35.5. The van der Waals surface area contributed by atoms with Gasteiger partial charge in [-0.3, -0.25) is 4.79 Å². The lowest BCUT2D eigenvalue weighted by molar-refractivity contribution is -0.125. The Bertz CT molecular complexity index is 118. The SMILES string of the molecule is O=C(CCCCl)C1CCC1. The zero-order valence-electron chi connectivity index (χ0n) is 6.11. The molecule has 10 heavy (non-hydrogen) atoms. The van der Waals surface area contributed by atoms with Gasteiger partial charge in [-0.2, -0.15) is 0 Å². The molecule has 58 valence electrons. The summed E-state index contributed by atoms with van der Waals surface area (Å²) in [6.07, 6.45) is 5.06. The highest BCUT2D eigenvalue weighted by Gasteiger charge is 2.23. The van der Waals surface area contributed by atoms with E-state index in [9.17, 15) is 4.79 Å². The summed E-state index contributed by atoms with van der Waals surface area (Å²) in [5.74, 6) is 1.47. The van der Waals surface area contributed by atoms with E-state index in [-0.39, 0.29) is 0 Å². The fourth-order valence-electron chi connectivity index (χ4n) is 1.18. The van der Waals surface area contributed by atoms with Gasteiger partial charge in [0, 0.05) is 18.2 Å². The van der Waals surface area contributed by atoms with E-state index in [1.807, 2.05) is 0 Å². The van der Waals surface area contributed by atoms with E-state index in [0.29, 0.717) is 24.0 Å². The third-order valence-electron chi connectivity index (χ3n) is 2.12. The van der Waals surface area contributed by atoms with E-state index >= 15 is 0 Å². The van der Waals surface area contributed by atoms with E-state index in [4.69, 9.17) is 11.6 Å². The fraction of sp³-hybridized carbons (Fsp3) is 0.875. The quantitative estimate of drug-likeness (QED) is 0.578. The second-order valence-corrected chi connectivity index (χ2v) is 3.26. The van der Waals surface area contributed by atoms with E-state index in [1.165, 1.54) is 6.42 Å². The zero-order valence-corrected chi connectivity index (χ0v) is 6.86. The third kappa shape index (κ3) is 1.98. The highest BCUT2D eigenvalue weighted by molar-refractivity contribution is 6.17. The van der Waals surface area contributed by atoms with Gasteiger partial charge in [-0.25, -0.2) is 0 Å². The first-order valence-corrected chi connectivity index (χ1v) is 4.46. The molecule has 1 fully saturated rings. The number of carbonyl (C=O) groups is 1. The van der Waals surface area contributed by atoms with Crippen molar-refractivity contribution in [2.45, 2.75) is 32.1 Å². The summed E-state index contributed by atoms with van der Waals surface area (Å²) in [6.45, 7) is 0. The van der Waals surface area contributed by atoms with E-state index in [0.717, 1.165) is 19.3 Å². The molecule has 0 radical (unpaired) electrons. The van der Waals surface area contributed by atoms with Gasteiger partial charge < -0.3 is 0 Å². The van der Waals surface area contributed by atoms with Crippen LogP contribution in [0.5, 0.6) is 0 Å². The Balaban J connectivity index is 2.08. The van der Waals surface area contributed by atoms with Crippen molar-refractivity contribution in [1.82, 2.24) is 0 Å². The molecule has 0 amide bonds. The lowest BCUT2D eigenvalue weighted by atomic mass is 9.81. The Morgan fingerprint density at radius 3 is 2.60 bits per heavy atom. The van der Waals surface area contributed by atoms with Crippen molar-refractivity contribution in [2.24, 2.45) is 5.92 Å². The molecule has 0 N–H and O–H groups in total. The van der Waals surface area contributed by atoms with Crippen LogP contribution in [-0.4, -0.2) is 11.7 Å². The molecule has 0 spiro atoms. The molecule has 0 heterocycles. The van der Waals surface area contributed by atoms with E-state index in [2.05, 4.69) is 0 Å². The van der Waals surface area contributed by atoms with Crippen LogP contribution in [0, 0.1) is 5.92 Å². The number of hydrogen-bond donors (Lipinski definition) is 0. The number of Topliss-reactive ketones (excluding diaryl/α,β-unsaturated/α-hetero) is 1. The lowest BCUT2D eigenvalue weighted by Gasteiger charge is -2.23. The molecule has 1 aliphatic carbocycles. The van der Waals surface area contributed by atoms with Crippen LogP contribution in [-0.2, 0) is 4.79 Å². The molecule has 1 saturated carbocycles. The average molecular weight is 161 g/mol. The fourth-order valence-corrected chi connectivity index (χ4v) is 1.31. The van der Waals surface area contributed by atoms with Gasteiger partial charge >= 0.3 is 0 Å². The van der Waals surface area contributed by atoms with Gasteiger partial charge in [0.2, 0.25) is 0 Å². The van der Waals surface area contributed by atoms with Gasteiger partial charge in [-0.05, 0) is 19.3 Å². The first-order chi connectivity index (χ1) is 4.84. The van der Waals surface area contributed by atoms with E-state index < -0.39 is 0 Å². The minimum Gasteiger partial charge on any atom is -0.299 e. The summed E-state index contributed by atoms with van der Waals surface area (Å²) >= 11 is 5.46. The van der Waals surface area contributed by atoms with Gasteiger partial charge in [-0.1, -0.05) is 6.42 Å². The Hall–Kier alpha value is -0.0400. The number of halogens is 1. The van der Waals surface area contributed by atoms with Gasteiger partial charge in [0.1, 0.15) is 5.78 Å². The summed E-state index contributed by atoms with van der Waals surface area (Å²) < 4.78 is 0. The summed E-state index contributed by atoms with van der Waals surface area (Å²) in [5, 5.41) is 0. The molecule has 0 unspecified atom stereocenters. The van der Waals surface area contributed by atoms with Crippen LogP contribution >= 0.6 is 11.6 Å².